The molecule has 0 saturated carbocycles. The van der Waals surface area contributed by atoms with E-state index in [9.17, 15) is 14.7 Å². The lowest BCUT2D eigenvalue weighted by Gasteiger charge is -2.13. The number of hydrogen-bond donors (Lipinski definition) is 6. The van der Waals surface area contributed by atoms with Gasteiger partial charge in [0, 0.05) is 0 Å². The highest BCUT2D eigenvalue weighted by Gasteiger charge is 2.31. The van der Waals surface area contributed by atoms with Gasteiger partial charge in [-0.2, -0.15) is 0 Å². The Morgan fingerprint density at radius 3 is 1.79 bits per heavy atom. The predicted molar refractivity (Wildman–Crippen MR) is 89.3 cm³/mol. The molecule has 0 aromatic rings. The summed E-state index contributed by atoms with van der Waals surface area (Å²) in [5, 5.41) is 32.6. The molecular formula is C15H31N3O6. The maximum absolute atomic E-state index is 11.2. The number of hydrogen-bond acceptors (Lipinski definition) is 6. The first-order chi connectivity index (χ1) is 11.2. The van der Waals surface area contributed by atoms with Gasteiger partial charge in [0.15, 0.2) is 18.2 Å². The van der Waals surface area contributed by atoms with E-state index in [1.807, 2.05) is 0 Å². The van der Waals surface area contributed by atoms with Crippen molar-refractivity contribution >= 4 is 17.9 Å². The number of rotatable bonds is 12. The predicted octanol–water partition coefficient (Wildman–Crippen LogP) is 0.315. The third kappa shape index (κ3) is 16.5. The van der Waals surface area contributed by atoms with Crippen molar-refractivity contribution in [2.75, 3.05) is 6.61 Å². The van der Waals surface area contributed by atoms with Crippen LogP contribution in [0.1, 0.15) is 58.3 Å². The van der Waals surface area contributed by atoms with Crippen molar-refractivity contribution in [2.45, 2.75) is 70.5 Å². The van der Waals surface area contributed by atoms with Gasteiger partial charge in [0.1, 0.15) is 0 Å². The molecular weight excluding hydrogens is 318 g/mol. The SMILES string of the molecule is CCCCCCCCCCOC(=O)C(O)C(O)C(=O)O.N=C(N)N. The van der Waals surface area contributed by atoms with Gasteiger partial charge in [0.05, 0.1) is 6.61 Å². The lowest BCUT2D eigenvalue weighted by molar-refractivity contribution is -0.169. The highest BCUT2D eigenvalue weighted by Crippen LogP contribution is 2.08. The molecule has 0 spiro atoms. The Bertz CT molecular complexity index is 361. The van der Waals surface area contributed by atoms with Crippen molar-refractivity contribution in [1.82, 2.24) is 0 Å². The second-order valence-corrected chi connectivity index (χ2v) is 5.33. The Morgan fingerprint density at radius 1 is 0.958 bits per heavy atom. The first-order valence-electron chi connectivity index (χ1n) is 8.09. The molecule has 8 N–H and O–H groups in total. The number of ether oxygens (including phenoxy) is 1. The second kappa shape index (κ2) is 16.0. The van der Waals surface area contributed by atoms with Crippen LogP contribution in [0, 0.1) is 5.41 Å². The standard InChI is InChI=1S/C14H26O6.CH5N3/c1-2-3-4-5-6-7-8-9-10-20-14(19)12(16)11(15)13(17)18;2-1(3)4/h11-12,15-16H,2-10H2,1H3,(H,17,18);(H5,2,3,4). The summed E-state index contributed by atoms with van der Waals surface area (Å²) in [7, 11) is 0. The average molecular weight is 349 g/mol. The van der Waals surface area contributed by atoms with E-state index in [-0.39, 0.29) is 12.6 Å². The fourth-order valence-corrected chi connectivity index (χ4v) is 1.76. The number of carbonyl (C=O) groups excluding carboxylic acids is 1. The molecule has 9 heteroatoms. The van der Waals surface area contributed by atoms with E-state index in [1.54, 1.807) is 0 Å². The van der Waals surface area contributed by atoms with E-state index in [0.717, 1.165) is 19.3 Å². The molecule has 0 aromatic carbocycles. The molecule has 0 bridgehead atoms. The van der Waals surface area contributed by atoms with Crippen LogP contribution in [-0.4, -0.2) is 52.0 Å². The van der Waals surface area contributed by atoms with Gasteiger partial charge in [0.2, 0.25) is 0 Å². The Balaban J connectivity index is 0. The third-order valence-electron chi connectivity index (χ3n) is 3.04. The van der Waals surface area contributed by atoms with Crippen LogP contribution >= 0.6 is 0 Å². The van der Waals surface area contributed by atoms with Gasteiger partial charge in [-0.25, -0.2) is 9.59 Å². The smallest absolute Gasteiger partial charge is 0.338 e. The van der Waals surface area contributed by atoms with Gasteiger partial charge < -0.3 is 31.5 Å². The van der Waals surface area contributed by atoms with Gasteiger partial charge in [-0.05, 0) is 6.42 Å². The summed E-state index contributed by atoms with van der Waals surface area (Å²) in [6.45, 7) is 2.31. The number of aliphatic hydroxyl groups excluding tert-OH is 2. The van der Waals surface area contributed by atoms with E-state index in [0.29, 0.717) is 6.42 Å². The minimum absolute atomic E-state index is 0.136. The lowest BCUT2D eigenvalue weighted by atomic mass is 10.1. The molecule has 0 aliphatic rings. The van der Waals surface area contributed by atoms with Gasteiger partial charge in [-0.3, -0.25) is 5.41 Å². The molecule has 0 rings (SSSR count). The summed E-state index contributed by atoms with van der Waals surface area (Å²) in [6, 6.07) is 0. The topological polar surface area (TPSA) is 180 Å². The van der Waals surface area contributed by atoms with Gasteiger partial charge in [-0.1, -0.05) is 51.9 Å². The summed E-state index contributed by atoms with van der Waals surface area (Å²) < 4.78 is 4.71. The second-order valence-electron chi connectivity index (χ2n) is 5.33. The lowest BCUT2D eigenvalue weighted by Crippen LogP contribution is -2.40. The number of aliphatic carboxylic acids is 1. The van der Waals surface area contributed by atoms with Crippen molar-refractivity contribution in [1.29, 1.82) is 5.41 Å². The van der Waals surface area contributed by atoms with Crippen LogP contribution in [0.2, 0.25) is 0 Å². The Hall–Kier alpha value is -1.87. The minimum atomic E-state index is -2.14. The molecule has 0 heterocycles. The Kier molecular flexibility index (Phi) is 16.3. The van der Waals surface area contributed by atoms with Gasteiger partial charge in [0.25, 0.3) is 0 Å². The van der Waals surface area contributed by atoms with Crippen molar-refractivity contribution in [3.63, 3.8) is 0 Å². The van der Waals surface area contributed by atoms with E-state index in [1.165, 1.54) is 25.7 Å². The number of carboxylic acids is 1. The maximum Gasteiger partial charge on any atom is 0.338 e. The first kappa shape index (κ1) is 24.4. The molecule has 0 aliphatic carbocycles. The summed E-state index contributed by atoms with van der Waals surface area (Å²) >= 11 is 0. The molecule has 24 heavy (non-hydrogen) atoms. The fraction of sp³-hybridized carbons (Fsp3) is 0.800. The van der Waals surface area contributed by atoms with E-state index >= 15 is 0 Å². The third-order valence-corrected chi connectivity index (χ3v) is 3.04. The van der Waals surface area contributed by atoms with Crippen molar-refractivity contribution in [3.8, 4) is 0 Å². The largest absolute Gasteiger partial charge is 0.479 e. The van der Waals surface area contributed by atoms with Crippen LogP contribution in [0.5, 0.6) is 0 Å². The Labute approximate surface area is 142 Å². The van der Waals surface area contributed by atoms with Crippen LogP contribution in [0.25, 0.3) is 0 Å². The highest BCUT2D eigenvalue weighted by molar-refractivity contribution is 5.84. The molecule has 0 fully saturated rings. The summed E-state index contributed by atoms with van der Waals surface area (Å²) in [6.07, 6.45) is 4.63. The van der Waals surface area contributed by atoms with Crippen LogP contribution in [-0.2, 0) is 14.3 Å². The minimum Gasteiger partial charge on any atom is -0.479 e. The molecule has 0 amide bonds. The molecule has 0 aliphatic heterocycles. The Morgan fingerprint density at radius 2 is 1.38 bits per heavy atom. The zero-order chi connectivity index (χ0) is 19.0. The molecule has 142 valence electrons. The van der Waals surface area contributed by atoms with Crippen LogP contribution in [0.15, 0.2) is 0 Å². The van der Waals surface area contributed by atoms with Crippen LogP contribution in [0.4, 0.5) is 0 Å². The van der Waals surface area contributed by atoms with Crippen LogP contribution in [0.3, 0.4) is 0 Å². The van der Waals surface area contributed by atoms with Crippen molar-refractivity contribution < 1.29 is 29.6 Å². The van der Waals surface area contributed by atoms with E-state index in [2.05, 4.69) is 18.4 Å². The van der Waals surface area contributed by atoms with Gasteiger partial charge >= 0.3 is 11.9 Å². The maximum atomic E-state index is 11.2. The van der Waals surface area contributed by atoms with Gasteiger partial charge in [-0.15, -0.1) is 0 Å². The normalized spacial score (nSPS) is 12.5. The quantitative estimate of drug-likeness (QED) is 0.126. The van der Waals surface area contributed by atoms with Crippen molar-refractivity contribution in [3.05, 3.63) is 0 Å². The summed E-state index contributed by atoms with van der Waals surface area (Å²) in [5.41, 5.74) is 8.94. The highest BCUT2D eigenvalue weighted by atomic mass is 16.5. The molecule has 0 aromatic heterocycles. The number of nitrogens with two attached hydrogens (primary N) is 2. The molecule has 0 saturated heterocycles. The first-order valence-corrected chi connectivity index (χ1v) is 8.09. The number of carbonyl (C=O) groups is 2. The number of guanidine groups is 1. The van der Waals surface area contributed by atoms with E-state index in [4.69, 9.17) is 20.4 Å². The number of unbranched alkanes of at least 4 members (excludes halogenated alkanes) is 7. The zero-order valence-corrected chi connectivity index (χ0v) is 14.2. The molecule has 2 atom stereocenters. The zero-order valence-electron chi connectivity index (χ0n) is 14.2. The average Bonchev–Trinajstić information content (AvgIpc) is 2.50. The fourth-order valence-electron chi connectivity index (χ4n) is 1.76. The number of nitrogens with one attached hydrogen (secondary N) is 1. The molecule has 2 unspecified atom stereocenters. The van der Waals surface area contributed by atoms with Crippen LogP contribution < -0.4 is 11.5 Å². The summed E-state index contributed by atoms with van der Waals surface area (Å²) in [4.78, 5) is 21.6. The molecule has 0 radical (unpaired) electrons. The number of esters is 1. The van der Waals surface area contributed by atoms with E-state index < -0.39 is 24.1 Å². The monoisotopic (exact) mass is 349 g/mol. The summed E-state index contributed by atoms with van der Waals surface area (Å²) in [5.74, 6) is -3.08. The number of aliphatic hydroxyl groups is 2. The molecule has 9 nitrogen and oxygen atoms in total. The number of carboxylic acid groups (broad SMARTS) is 1. The van der Waals surface area contributed by atoms with Crippen molar-refractivity contribution in [2.24, 2.45) is 11.5 Å².